The van der Waals surface area contributed by atoms with E-state index in [-0.39, 0.29) is 11.4 Å². The molecular weight excluding hydrogens is 330 g/mol. The van der Waals surface area contributed by atoms with Gasteiger partial charge in [-0.1, -0.05) is 22.0 Å². The lowest BCUT2D eigenvalue weighted by Crippen LogP contribution is -2.23. The number of carbonyl (C=O) groups excluding carboxylic acids is 1. The van der Waals surface area contributed by atoms with E-state index in [0.717, 1.165) is 4.47 Å². The molecule has 3 rings (SSSR count). The number of aromatic nitrogens is 3. The third-order valence-corrected chi connectivity index (χ3v) is 3.41. The van der Waals surface area contributed by atoms with Gasteiger partial charge in [-0.3, -0.25) is 0 Å². The number of aliphatic hydroxyl groups excluding tert-OH is 2. The van der Waals surface area contributed by atoms with Crippen LogP contribution in [0.5, 0.6) is 0 Å². The van der Waals surface area contributed by atoms with E-state index < -0.39 is 24.8 Å². The lowest BCUT2D eigenvalue weighted by atomic mass is 10.1. The summed E-state index contributed by atoms with van der Waals surface area (Å²) in [6.07, 6.45) is -2.20. The number of halogens is 1. The van der Waals surface area contributed by atoms with E-state index in [1.165, 1.54) is 4.80 Å². The second-order valence-corrected chi connectivity index (χ2v) is 5.19. The molecule has 0 saturated carbocycles. The van der Waals surface area contributed by atoms with Gasteiger partial charge in [0.2, 0.25) is 0 Å². The van der Waals surface area contributed by atoms with Gasteiger partial charge in [0.1, 0.15) is 11.8 Å². The van der Waals surface area contributed by atoms with Gasteiger partial charge in [-0.15, -0.1) is 10.2 Å². The standard InChI is InChI=1S/C12H10BrN3O4/c13-6-2-1-3-7(4-6)16-14-9-10(15-16)12(19)20-11(9)8(18)5-17/h1-4,8,11,17-18H,5H2. The highest BCUT2D eigenvalue weighted by Crippen LogP contribution is 2.31. The van der Waals surface area contributed by atoms with Crippen molar-refractivity contribution in [3.05, 3.63) is 40.1 Å². The number of rotatable bonds is 3. The van der Waals surface area contributed by atoms with Gasteiger partial charge in [-0.2, -0.15) is 4.80 Å². The summed E-state index contributed by atoms with van der Waals surface area (Å²) in [6.45, 7) is -0.527. The average molecular weight is 340 g/mol. The Morgan fingerprint density at radius 3 is 2.95 bits per heavy atom. The van der Waals surface area contributed by atoms with E-state index in [2.05, 4.69) is 26.1 Å². The van der Waals surface area contributed by atoms with Crippen LogP contribution in [0.3, 0.4) is 0 Å². The molecule has 1 aromatic heterocycles. The lowest BCUT2D eigenvalue weighted by molar-refractivity contribution is -0.0315. The molecule has 2 unspecified atom stereocenters. The Kier molecular flexibility index (Phi) is 3.28. The number of esters is 1. The summed E-state index contributed by atoms with van der Waals surface area (Å²) in [5, 5.41) is 26.8. The van der Waals surface area contributed by atoms with Crippen molar-refractivity contribution in [3.63, 3.8) is 0 Å². The Morgan fingerprint density at radius 1 is 1.45 bits per heavy atom. The predicted molar refractivity (Wildman–Crippen MR) is 70.3 cm³/mol. The topological polar surface area (TPSA) is 97.5 Å². The highest BCUT2D eigenvalue weighted by Gasteiger charge is 2.40. The largest absolute Gasteiger partial charge is 0.448 e. The molecule has 104 valence electrons. The molecule has 1 aliphatic rings. The van der Waals surface area contributed by atoms with Crippen LogP contribution in [0, 0.1) is 0 Å². The maximum atomic E-state index is 11.7. The number of hydrogen-bond donors (Lipinski definition) is 2. The zero-order valence-corrected chi connectivity index (χ0v) is 11.7. The molecule has 0 spiro atoms. The van der Waals surface area contributed by atoms with Crippen molar-refractivity contribution in [1.29, 1.82) is 0 Å². The van der Waals surface area contributed by atoms with Crippen LogP contribution in [0.25, 0.3) is 5.69 Å². The fourth-order valence-electron chi connectivity index (χ4n) is 1.95. The maximum absolute atomic E-state index is 11.7. The monoisotopic (exact) mass is 339 g/mol. The summed E-state index contributed by atoms with van der Waals surface area (Å²) in [4.78, 5) is 13.0. The highest BCUT2D eigenvalue weighted by atomic mass is 79.9. The van der Waals surface area contributed by atoms with Crippen LogP contribution in [-0.4, -0.2) is 43.9 Å². The van der Waals surface area contributed by atoms with Crippen molar-refractivity contribution in [3.8, 4) is 5.69 Å². The van der Waals surface area contributed by atoms with E-state index >= 15 is 0 Å². The van der Waals surface area contributed by atoms with Gasteiger partial charge in [0, 0.05) is 4.47 Å². The second-order valence-electron chi connectivity index (χ2n) is 4.28. The molecule has 0 saturated heterocycles. The fraction of sp³-hybridized carbons (Fsp3) is 0.250. The lowest BCUT2D eigenvalue weighted by Gasteiger charge is -2.13. The minimum Gasteiger partial charge on any atom is -0.448 e. The van der Waals surface area contributed by atoms with E-state index in [4.69, 9.17) is 9.84 Å². The first-order valence-corrected chi connectivity index (χ1v) is 6.62. The number of benzene rings is 1. The molecule has 2 aromatic rings. The number of ether oxygens (including phenoxy) is 1. The first kappa shape index (κ1) is 13.2. The molecule has 0 amide bonds. The van der Waals surface area contributed by atoms with Gasteiger partial charge in [0.25, 0.3) is 0 Å². The Morgan fingerprint density at radius 2 is 2.25 bits per heavy atom. The van der Waals surface area contributed by atoms with Crippen molar-refractivity contribution in [1.82, 2.24) is 15.0 Å². The molecular formula is C12H10BrN3O4. The van der Waals surface area contributed by atoms with Crippen LogP contribution >= 0.6 is 15.9 Å². The average Bonchev–Trinajstić information content (AvgIpc) is 2.99. The van der Waals surface area contributed by atoms with Gasteiger partial charge < -0.3 is 14.9 Å². The van der Waals surface area contributed by atoms with Crippen molar-refractivity contribution >= 4 is 21.9 Å². The molecule has 0 aliphatic carbocycles. The number of aliphatic hydroxyl groups is 2. The van der Waals surface area contributed by atoms with Gasteiger partial charge in [0.15, 0.2) is 11.8 Å². The molecule has 2 atom stereocenters. The molecule has 0 radical (unpaired) electrons. The van der Waals surface area contributed by atoms with Crippen LogP contribution in [0.15, 0.2) is 28.7 Å². The summed E-state index contributed by atoms with van der Waals surface area (Å²) >= 11 is 3.34. The van der Waals surface area contributed by atoms with Crippen molar-refractivity contribution in [2.24, 2.45) is 0 Å². The molecule has 2 N–H and O–H groups in total. The predicted octanol–water partition coefficient (Wildman–Crippen LogP) is 0.594. The van der Waals surface area contributed by atoms with Crippen LogP contribution in [-0.2, 0) is 4.74 Å². The summed E-state index contributed by atoms with van der Waals surface area (Å²) in [5.74, 6) is -0.654. The summed E-state index contributed by atoms with van der Waals surface area (Å²) in [5.41, 5.74) is 0.956. The van der Waals surface area contributed by atoms with E-state index in [1.807, 2.05) is 12.1 Å². The first-order chi connectivity index (χ1) is 9.60. The molecule has 1 aromatic carbocycles. The van der Waals surface area contributed by atoms with Gasteiger partial charge >= 0.3 is 5.97 Å². The molecule has 0 fully saturated rings. The third kappa shape index (κ3) is 2.11. The quantitative estimate of drug-likeness (QED) is 0.794. The summed E-state index contributed by atoms with van der Waals surface area (Å²) in [7, 11) is 0. The summed E-state index contributed by atoms with van der Waals surface area (Å²) < 4.78 is 5.79. The number of fused-ring (bicyclic) bond motifs is 1. The molecule has 7 nitrogen and oxygen atoms in total. The fourth-order valence-corrected chi connectivity index (χ4v) is 2.34. The SMILES string of the molecule is O=C1OC(C(O)CO)c2nn(-c3cccc(Br)c3)nc21. The van der Waals surface area contributed by atoms with E-state index in [1.54, 1.807) is 12.1 Å². The van der Waals surface area contributed by atoms with Crippen LogP contribution < -0.4 is 0 Å². The number of nitrogens with zero attached hydrogens (tertiary/aromatic N) is 3. The first-order valence-electron chi connectivity index (χ1n) is 5.83. The van der Waals surface area contributed by atoms with Crippen LogP contribution in [0.4, 0.5) is 0 Å². The second kappa shape index (κ2) is 4.97. The third-order valence-electron chi connectivity index (χ3n) is 2.91. The molecule has 20 heavy (non-hydrogen) atoms. The van der Waals surface area contributed by atoms with Gasteiger partial charge in [-0.05, 0) is 18.2 Å². The van der Waals surface area contributed by atoms with E-state index in [0.29, 0.717) is 5.69 Å². The highest BCUT2D eigenvalue weighted by molar-refractivity contribution is 9.10. The van der Waals surface area contributed by atoms with E-state index in [9.17, 15) is 9.90 Å². The van der Waals surface area contributed by atoms with Crippen molar-refractivity contribution in [2.75, 3.05) is 6.61 Å². The summed E-state index contributed by atoms with van der Waals surface area (Å²) in [6, 6.07) is 7.24. The van der Waals surface area contributed by atoms with Gasteiger partial charge in [0.05, 0.1) is 12.3 Å². The minimum absolute atomic E-state index is 0.0578. The number of carbonyl (C=O) groups is 1. The molecule has 0 bridgehead atoms. The maximum Gasteiger partial charge on any atom is 0.361 e. The number of cyclic esters (lactones) is 1. The zero-order chi connectivity index (χ0) is 14.3. The van der Waals surface area contributed by atoms with Crippen LogP contribution in [0.2, 0.25) is 0 Å². The Labute approximate surface area is 121 Å². The molecule has 8 heteroatoms. The molecule has 1 aliphatic heterocycles. The van der Waals surface area contributed by atoms with Crippen LogP contribution in [0.1, 0.15) is 22.3 Å². The zero-order valence-electron chi connectivity index (χ0n) is 10.1. The van der Waals surface area contributed by atoms with Crippen molar-refractivity contribution < 1.29 is 19.7 Å². The number of hydrogen-bond acceptors (Lipinski definition) is 6. The Hall–Kier alpha value is -1.77. The van der Waals surface area contributed by atoms with Gasteiger partial charge in [-0.25, -0.2) is 4.79 Å². The Balaban J connectivity index is 2.02. The van der Waals surface area contributed by atoms with Crippen molar-refractivity contribution in [2.45, 2.75) is 12.2 Å². The Bertz CT molecular complexity index is 672. The normalized spacial score (nSPS) is 18.8. The minimum atomic E-state index is -1.21. The smallest absolute Gasteiger partial charge is 0.361 e. The molecule has 2 heterocycles.